The van der Waals surface area contributed by atoms with Crippen molar-refractivity contribution in [2.75, 3.05) is 20.7 Å². The van der Waals surface area contributed by atoms with Gasteiger partial charge in [0.15, 0.2) is 5.82 Å². The second kappa shape index (κ2) is 7.49. The third-order valence-electron chi connectivity index (χ3n) is 4.36. The minimum atomic E-state index is -0.413. The Morgan fingerprint density at radius 3 is 2.85 bits per heavy atom. The molecule has 1 atom stereocenters. The normalized spacial score (nSPS) is 12.5. The van der Waals surface area contributed by atoms with Gasteiger partial charge < -0.3 is 14.9 Å². The van der Waals surface area contributed by atoms with Gasteiger partial charge in [-0.25, -0.2) is 9.55 Å². The number of aromatic nitrogens is 3. The molecule has 1 unspecified atom stereocenters. The van der Waals surface area contributed by atoms with Gasteiger partial charge >= 0.3 is 5.82 Å². The van der Waals surface area contributed by atoms with Crippen LogP contribution in [0.3, 0.4) is 0 Å². The highest BCUT2D eigenvalue weighted by Crippen LogP contribution is 2.20. The van der Waals surface area contributed by atoms with Gasteiger partial charge in [0.25, 0.3) is 0 Å². The Bertz CT molecular complexity index is 922. The summed E-state index contributed by atoms with van der Waals surface area (Å²) in [7, 11) is 3.85. The van der Waals surface area contributed by atoms with Crippen LogP contribution in [0.4, 0.5) is 5.82 Å². The summed E-state index contributed by atoms with van der Waals surface area (Å²) < 4.78 is 7.56. The summed E-state index contributed by atoms with van der Waals surface area (Å²) in [5, 5.41) is 12.2. The SMILES string of the molecule is Cc1ncc([N+](=O)[O-])n1CC(COc1ccc2ncccc2c1)N(C)C. The van der Waals surface area contributed by atoms with Crippen LogP contribution in [-0.4, -0.2) is 51.1 Å². The molecular weight excluding hydrogens is 334 g/mol. The zero-order valence-electron chi connectivity index (χ0n) is 15.0. The van der Waals surface area contributed by atoms with E-state index < -0.39 is 4.92 Å². The maximum absolute atomic E-state index is 11.2. The molecule has 136 valence electrons. The lowest BCUT2D eigenvalue weighted by Crippen LogP contribution is -2.37. The highest BCUT2D eigenvalue weighted by Gasteiger charge is 2.23. The predicted octanol–water partition coefficient (Wildman–Crippen LogP) is 2.66. The Labute approximate surface area is 151 Å². The highest BCUT2D eigenvalue weighted by molar-refractivity contribution is 5.79. The van der Waals surface area contributed by atoms with Gasteiger partial charge in [-0.1, -0.05) is 6.07 Å². The molecule has 0 radical (unpaired) electrons. The van der Waals surface area contributed by atoms with E-state index in [4.69, 9.17) is 4.74 Å². The molecule has 8 nitrogen and oxygen atoms in total. The van der Waals surface area contributed by atoms with Crippen molar-refractivity contribution in [2.45, 2.75) is 19.5 Å². The number of fused-ring (bicyclic) bond motifs is 1. The average Bonchev–Trinajstić information content (AvgIpc) is 2.99. The molecule has 8 heteroatoms. The lowest BCUT2D eigenvalue weighted by molar-refractivity contribution is -0.392. The van der Waals surface area contributed by atoms with Gasteiger partial charge in [0.05, 0.1) is 11.6 Å². The molecule has 2 aromatic heterocycles. The van der Waals surface area contributed by atoms with E-state index in [0.717, 1.165) is 16.7 Å². The van der Waals surface area contributed by atoms with Crippen molar-refractivity contribution in [2.24, 2.45) is 0 Å². The first-order valence-corrected chi connectivity index (χ1v) is 8.26. The molecule has 0 aliphatic heterocycles. The third-order valence-corrected chi connectivity index (χ3v) is 4.36. The predicted molar refractivity (Wildman–Crippen MR) is 98.3 cm³/mol. The molecule has 0 saturated carbocycles. The standard InChI is InChI=1S/C18H21N5O3/c1-13-20-10-18(23(24)25)22(13)11-15(21(2)3)12-26-16-6-7-17-14(9-16)5-4-8-19-17/h4-10,15H,11-12H2,1-3H3. The van der Waals surface area contributed by atoms with Crippen LogP contribution in [0.15, 0.2) is 42.7 Å². The molecule has 0 bridgehead atoms. The average molecular weight is 355 g/mol. The number of hydrogen-bond donors (Lipinski definition) is 0. The van der Waals surface area contributed by atoms with Crippen molar-refractivity contribution >= 4 is 16.7 Å². The minimum Gasteiger partial charge on any atom is -0.492 e. The van der Waals surface area contributed by atoms with Gasteiger partial charge in [-0.2, -0.15) is 0 Å². The number of aryl methyl sites for hydroxylation is 1. The molecule has 0 fully saturated rings. The summed E-state index contributed by atoms with van der Waals surface area (Å²) in [4.78, 5) is 21.1. The van der Waals surface area contributed by atoms with Crippen LogP contribution < -0.4 is 4.74 Å². The summed E-state index contributed by atoms with van der Waals surface area (Å²) in [6.07, 6.45) is 3.05. The maximum atomic E-state index is 11.2. The van der Waals surface area contributed by atoms with Crippen LogP contribution in [-0.2, 0) is 6.54 Å². The molecule has 0 spiro atoms. The molecule has 0 aliphatic carbocycles. The van der Waals surface area contributed by atoms with Gasteiger partial charge in [-0.15, -0.1) is 0 Å². The monoisotopic (exact) mass is 355 g/mol. The summed E-state index contributed by atoms with van der Waals surface area (Å²) in [5.74, 6) is 1.35. The molecule has 0 N–H and O–H groups in total. The second-order valence-corrected chi connectivity index (χ2v) is 6.32. The third kappa shape index (κ3) is 3.80. The zero-order valence-corrected chi connectivity index (χ0v) is 15.0. The number of nitrogens with zero attached hydrogens (tertiary/aromatic N) is 5. The first-order valence-electron chi connectivity index (χ1n) is 8.26. The van der Waals surface area contributed by atoms with Crippen molar-refractivity contribution in [3.05, 3.63) is 58.7 Å². The first kappa shape index (κ1) is 17.8. The molecule has 0 saturated heterocycles. The smallest absolute Gasteiger partial charge is 0.342 e. The number of pyridine rings is 1. The van der Waals surface area contributed by atoms with E-state index in [9.17, 15) is 10.1 Å². The fraction of sp³-hybridized carbons (Fsp3) is 0.333. The van der Waals surface area contributed by atoms with Crippen molar-refractivity contribution < 1.29 is 9.66 Å². The van der Waals surface area contributed by atoms with Crippen LogP contribution in [0.5, 0.6) is 5.75 Å². The van der Waals surface area contributed by atoms with E-state index in [0.29, 0.717) is 19.0 Å². The molecule has 2 heterocycles. The molecule has 0 amide bonds. The van der Waals surface area contributed by atoms with Crippen molar-refractivity contribution in [1.82, 2.24) is 19.4 Å². The lowest BCUT2D eigenvalue weighted by Gasteiger charge is -2.23. The molecule has 3 rings (SSSR count). The van der Waals surface area contributed by atoms with Crippen molar-refractivity contribution in [3.8, 4) is 5.75 Å². The summed E-state index contributed by atoms with van der Waals surface area (Å²) in [5.41, 5.74) is 0.911. The van der Waals surface area contributed by atoms with Crippen LogP contribution in [0.2, 0.25) is 0 Å². The fourth-order valence-electron chi connectivity index (χ4n) is 2.74. The molecule has 1 aromatic carbocycles. The van der Waals surface area contributed by atoms with Gasteiger partial charge in [0.1, 0.15) is 25.1 Å². The number of rotatable bonds is 7. The largest absolute Gasteiger partial charge is 0.492 e. The number of imidazole rings is 1. The van der Waals surface area contributed by atoms with Crippen LogP contribution >= 0.6 is 0 Å². The summed E-state index contributed by atoms with van der Waals surface area (Å²) in [6, 6.07) is 9.56. The van der Waals surface area contributed by atoms with Gasteiger partial charge in [-0.05, 0) is 43.3 Å². The van der Waals surface area contributed by atoms with Crippen LogP contribution in [0, 0.1) is 17.0 Å². The van der Waals surface area contributed by atoms with Gasteiger partial charge in [0, 0.05) is 18.5 Å². The number of benzene rings is 1. The van der Waals surface area contributed by atoms with E-state index in [1.165, 1.54) is 6.20 Å². The van der Waals surface area contributed by atoms with Crippen molar-refractivity contribution in [3.63, 3.8) is 0 Å². The number of nitro groups is 1. The van der Waals surface area contributed by atoms with E-state index in [-0.39, 0.29) is 11.9 Å². The van der Waals surface area contributed by atoms with Gasteiger partial charge in [0.2, 0.25) is 0 Å². The van der Waals surface area contributed by atoms with E-state index in [1.807, 2.05) is 49.3 Å². The van der Waals surface area contributed by atoms with Crippen LogP contribution in [0.25, 0.3) is 10.9 Å². The van der Waals surface area contributed by atoms with Crippen LogP contribution in [0.1, 0.15) is 5.82 Å². The summed E-state index contributed by atoms with van der Waals surface area (Å²) >= 11 is 0. The quantitative estimate of drug-likeness (QED) is 0.478. The molecular formula is C18H21N5O3. The topological polar surface area (TPSA) is 86.3 Å². The Balaban J connectivity index is 1.74. The van der Waals surface area contributed by atoms with Crippen molar-refractivity contribution in [1.29, 1.82) is 0 Å². The number of ether oxygens (including phenoxy) is 1. The molecule has 26 heavy (non-hydrogen) atoms. The van der Waals surface area contributed by atoms with E-state index in [2.05, 4.69) is 9.97 Å². The number of likely N-dealkylation sites (N-methyl/N-ethyl adjacent to an activating group) is 1. The molecule has 3 aromatic rings. The zero-order chi connectivity index (χ0) is 18.7. The molecule has 0 aliphatic rings. The second-order valence-electron chi connectivity index (χ2n) is 6.32. The Morgan fingerprint density at radius 1 is 1.31 bits per heavy atom. The Kier molecular flexibility index (Phi) is 5.13. The lowest BCUT2D eigenvalue weighted by atomic mass is 10.2. The number of hydrogen-bond acceptors (Lipinski definition) is 6. The Morgan fingerprint density at radius 2 is 2.12 bits per heavy atom. The Hall–Kier alpha value is -3.00. The van der Waals surface area contributed by atoms with E-state index >= 15 is 0 Å². The first-order chi connectivity index (χ1) is 12.5. The van der Waals surface area contributed by atoms with E-state index in [1.54, 1.807) is 17.7 Å². The summed E-state index contributed by atoms with van der Waals surface area (Å²) in [6.45, 7) is 2.58. The fourth-order valence-corrected chi connectivity index (χ4v) is 2.74. The maximum Gasteiger partial charge on any atom is 0.342 e. The minimum absolute atomic E-state index is 0.00821. The van der Waals surface area contributed by atoms with Gasteiger partial charge in [-0.3, -0.25) is 9.88 Å². The highest BCUT2D eigenvalue weighted by atomic mass is 16.6.